The Balaban J connectivity index is 0. The van der Waals surface area contributed by atoms with Crippen molar-refractivity contribution >= 4 is 11.8 Å². The molecule has 3 heteroatoms. The lowest BCUT2D eigenvalue weighted by Gasteiger charge is -1.69. The lowest BCUT2D eigenvalue weighted by molar-refractivity contribution is -0.134. The van der Waals surface area contributed by atoms with Gasteiger partial charge in [-0.25, -0.2) is 0 Å². The van der Waals surface area contributed by atoms with Crippen molar-refractivity contribution in [2.24, 2.45) is 0 Å². The molecule has 0 atom stereocenters. The average Bonchev–Trinajstić information content (AvgIpc) is 2.05. The van der Waals surface area contributed by atoms with E-state index in [1.54, 1.807) is 0 Å². The standard InChI is InChI=1S/C6H6.C3H6O.C2H4O2/c1-2-4-6-5-3-1;1-3(2)4;1-2(3)4/h1-6H;1-2H3;1H3,(H,3,4). The van der Waals surface area contributed by atoms with Gasteiger partial charge in [-0.05, 0) is 13.8 Å². The summed E-state index contributed by atoms with van der Waals surface area (Å²) in [7, 11) is 0. The third-order valence-corrected chi connectivity index (χ3v) is 0.667. The van der Waals surface area contributed by atoms with E-state index in [4.69, 9.17) is 9.90 Å². The number of Topliss-reactive ketones (excluding diaryl/α,β-unsaturated/α-hetero) is 1. The summed E-state index contributed by atoms with van der Waals surface area (Å²) in [5.74, 6) is -0.667. The molecule has 0 saturated carbocycles. The van der Waals surface area contributed by atoms with Gasteiger partial charge in [0.05, 0.1) is 0 Å². The van der Waals surface area contributed by atoms with E-state index in [0.717, 1.165) is 6.92 Å². The van der Waals surface area contributed by atoms with E-state index in [-0.39, 0.29) is 5.78 Å². The number of hydrogen-bond donors (Lipinski definition) is 1. The van der Waals surface area contributed by atoms with Gasteiger partial charge >= 0.3 is 0 Å². The predicted octanol–water partition coefficient (Wildman–Crippen LogP) is 2.37. The van der Waals surface area contributed by atoms with Crippen LogP contribution in [0.2, 0.25) is 0 Å². The summed E-state index contributed by atoms with van der Waals surface area (Å²) < 4.78 is 0. The molecule has 0 heterocycles. The van der Waals surface area contributed by atoms with Gasteiger partial charge in [-0.15, -0.1) is 0 Å². The Hall–Kier alpha value is -1.64. The first-order valence-corrected chi connectivity index (χ1v) is 4.13. The lowest BCUT2D eigenvalue weighted by atomic mass is 10.4. The van der Waals surface area contributed by atoms with Gasteiger partial charge < -0.3 is 9.90 Å². The Labute approximate surface area is 84.4 Å². The van der Waals surface area contributed by atoms with Crippen LogP contribution in [0.5, 0.6) is 0 Å². The Morgan fingerprint density at radius 1 is 0.786 bits per heavy atom. The van der Waals surface area contributed by atoms with Crippen molar-refractivity contribution in [3.63, 3.8) is 0 Å². The Morgan fingerprint density at radius 3 is 0.929 bits per heavy atom. The smallest absolute Gasteiger partial charge is 0.300 e. The molecular weight excluding hydrogens is 180 g/mol. The van der Waals surface area contributed by atoms with Crippen molar-refractivity contribution in [1.29, 1.82) is 0 Å². The molecule has 0 unspecified atom stereocenters. The first kappa shape index (κ1) is 14.9. The SMILES string of the molecule is CC(=O)O.CC(C)=O.c1ccccc1. The van der Waals surface area contributed by atoms with E-state index < -0.39 is 5.97 Å². The number of ketones is 1. The summed E-state index contributed by atoms with van der Waals surface area (Å²) in [5.41, 5.74) is 0. The van der Waals surface area contributed by atoms with Crippen LogP contribution in [0.25, 0.3) is 0 Å². The van der Waals surface area contributed by atoms with Crippen LogP contribution in [0.3, 0.4) is 0 Å². The number of rotatable bonds is 0. The van der Waals surface area contributed by atoms with Crippen LogP contribution < -0.4 is 0 Å². The minimum absolute atomic E-state index is 0.167. The number of carboxylic acids is 1. The molecule has 1 aromatic rings. The van der Waals surface area contributed by atoms with Crippen molar-refractivity contribution in [1.82, 2.24) is 0 Å². The van der Waals surface area contributed by atoms with Crippen molar-refractivity contribution in [3.8, 4) is 0 Å². The summed E-state index contributed by atoms with van der Waals surface area (Å²) in [4.78, 5) is 18.4. The zero-order chi connectivity index (χ0) is 11.4. The first-order valence-electron chi connectivity index (χ1n) is 4.13. The number of carbonyl (C=O) groups is 2. The molecule has 0 aromatic heterocycles. The van der Waals surface area contributed by atoms with Crippen LogP contribution in [0.1, 0.15) is 20.8 Å². The van der Waals surface area contributed by atoms with Crippen LogP contribution in [-0.4, -0.2) is 16.9 Å². The van der Waals surface area contributed by atoms with Crippen molar-refractivity contribution in [2.45, 2.75) is 20.8 Å². The number of benzene rings is 1. The maximum atomic E-state index is 9.44. The molecule has 1 rings (SSSR count). The Morgan fingerprint density at radius 2 is 0.857 bits per heavy atom. The van der Waals surface area contributed by atoms with Gasteiger partial charge in [0.1, 0.15) is 5.78 Å². The number of aliphatic carboxylic acids is 1. The molecular formula is C11H16O3. The minimum Gasteiger partial charge on any atom is -0.481 e. The molecule has 1 aromatic carbocycles. The average molecular weight is 196 g/mol. The Kier molecular flexibility index (Phi) is 12.1. The van der Waals surface area contributed by atoms with Gasteiger partial charge in [0.15, 0.2) is 0 Å². The van der Waals surface area contributed by atoms with Crippen LogP contribution in [0.15, 0.2) is 36.4 Å². The van der Waals surface area contributed by atoms with E-state index in [0.29, 0.717) is 0 Å². The predicted molar refractivity (Wildman–Crippen MR) is 56.1 cm³/mol. The molecule has 0 fully saturated rings. The fraction of sp³-hybridized carbons (Fsp3) is 0.273. The molecule has 78 valence electrons. The third kappa shape index (κ3) is 47.7. The molecule has 1 N–H and O–H groups in total. The second kappa shape index (κ2) is 11.4. The monoisotopic (exact) mass is 196 g/mol. The van der Waals surface area contributed by atoms with Crippen LogP contribution in [0, 0.1) is 0 Å². The van der Waals surface area contributed by atoms with Crippen molar-refractivity contribution < 1.29 is 14.7 Å². The van der Waals surface area contributed by atoms with E-state index in [1.807, 2.05) is 36.4 Å². The summed E-state index contributed by atoms with van der Waals surface area (Å²) in [5, 5.41) is 7.42. The topological polar surface area (TPSA) is 54.4 Å². The van der Waals surface area contributed by atoms with E-state index in [1.165, 1.54) is 13.8 Å². The highest BCUT2D eigenvalue weighted by atomic mass is 16.4. The number of carbonyl (C=O) groups excluding carboxylic acids is 1. The zero-order valence-electron chi connectivity index (χ0n) is 8.73. The summed E-state index contributed by atoms with van der Waals surface area (Å²) in [6.07, 6.45) is 0. The normalized spacial score (nSPS) is 7.07. The summed E-state index contributed by atoms with van der Waals surface area (Å²) in [6.45, 7) is 4.14. The maximum absolute atomic E-state index is 9.44. The van der Waals surface area contributed by atoms with Crippen molar-refractivity contribution in [3.05, 3.63) is 36.4 Å². The molecule has 0 radical (unpaired) electrons. The van der Waals surface area contributed by atoms with Gasteiger partial charge in [0.25, 0.3) is 5.97 Å². The van der Waals surface area contributed by atoms with Gasteiger partial charge in [0.2, 0.25) is 0 Å². The van der Waals surface area contributed by atoms with Crippen LogP contribution in [-0.2, 0) is 9.59 Å². The van der Waals surface area contributed by atoms with Crippen molar-refractivity contribution in [2.75, 3.05) is 0 Å². The maximum Gasteiger partial charge on any atom is 0.300 e. The highest BCUT2D eigenvalue weighted by Crippen LogP contribution is 1.79. The largest absolute Gasteiger partial charge is 0.481 e. The van der Waals surface area contributed by atoms with Crippen LogP contribution in [0.4, 0.5) is 0 Å². The second-order valence-corrected chi connectivity index (χ2v) is 2.58. The minimum atomic E-state index is -0.833. The lowest BCUT2D eigenvalue weighted by Crippen LogP contribution is -1.78. The molecule has 3 nitrogen and oxygen atoms in total. The third-order valence-electron chi connectivity index (χ3n) is 0.667. The molecule has 0 amide bonds. The second-order valence-electron chi connectivity index (χ2n) is 2.58. The summed E-state index contributed by atoms with van der Waals surface area (Å²) >= 11 is 0. The van der Waals surface area contributed by atoms with Gasteiger partial charge in [-0.1, -0.05) is 36.4 Å². The molecule has 0 aliphatic carbocycles. The fourth-order valence-corrected chi connectivity index (χ4v) is 0.385. The van der Waals surface area contributed by atoms with E-state index in [2.05, 4.69) is 0 Å². The Bertz CT molecular complexity index is 195. The zero-order valence-corrected chi connectivity index (χ0v) is 8.73. The highest BCUT2D eigenvalue weighted by molar-refractivity contribution is 5.72. The molecule has 0 aliphatic rings. The summed E-state index contributed by atoms with van der Waals surface area (Å²) in [6, 6.07) is 12.0. The molecule has 0 aliphatic heterocycles. The van der Waals surface area contributed by atoms with Crippen LogP contribution >= 0.6 is 0 Å². The molecule has 14 heavy (non-hydrogen) atoms. The highest BCUT2D eigenvalue weighted by Gasteiger charge is 1.65. The van der Waals surface area contributed by atoms with E-state index in [9.17, 15) is 4.79 Å². The molecule has 0 spiro atoms. The van der Waals surface area contributed by atoms with Gasteiger partial charge in [-0.3, -0.25) is 4.79 Å². The quantitative estimate of drug-likeness (QED) is 0.693. The van der Waals surface area contributed by atoms with E-state index >= 15 is 0 Å². The molecule has 0 bridgehead atoms. The first-order chi connectivity index (χ1) is 6.46. The number of hydrogen-bond acceptors (Lipinski definition) is 2. The fourth-order valence-electron chi connectivity index (χ4n) is 0.385. The van der Waals surface area contributed by atoms with Gasteiger partial charge in [-0.2, -0.15) is 0 Å². The molecule has 0 saturated heterocycles. The van der Waals surface area contributed by atoms with Gasteiger partial charge in [0, 0.05) is 6.92 Å². The number of carboxylic acid groups (broad SMARTS) is 1.